The lowest BCUT2D eigenvalue weighted by Crippen LogP contribution is -2.16. The molecule has 2 aromatic carbocycles. The number of halogens is 3. The first-order chi connectivity index (χ1) is 14.6. The number of alkyl halides is 3. The van der Waals surface area contributed by atoms with Gasteiger partial charge in [0.25, 0.3) is 15.9 Å². The molecule has 3 aromatic rings. The Balaban J connectivity index is 1.85. The molecular formula is C20H17F3N2O4S2. The quantitative estimate of drug-likeness (QED) is 0.496. The highest BCUT2D eigenvalue weighted by molar-refractivity contribution is 7.94. The maximum atomic E-state index is 13.1. The van der Waals surface area contributed by atoms with Crippen LogP contribution in [0.2, 0.25) is 0 Å². The molecular weight excluding hydrogens is 453 g/mol. The highest BCUT2D eigenvalue weighted by atomic mass is 32.2. The van der Waals surface area contributed by atoms with Crippen LogP contribution in [-0.4, -0.2) is 20.9 Å². The average molecular weight is 470 g/mol. The first kappa shape index (κ1) is 22.6. The molecule has 6 nitrogen and oxygen atoms in total. The molecule has 0 radical (unpaired) electrons. The van der Waals surface area contributed by atoms with Gasteiger partial charge in [0.1, 0.15) is 9.96 Å². The molecule has 31 heavy (non-hydrogen) atoms. The van der Waals surface area contributed by atoms with E-state index in [1.54, 1.807) is 18.4 Å². The second kappa shape index (κ2) is 8.98. The SMILES string of the molecule is CCOc1ccc(C(F)(F)F)cc1NC(=O)c1cccc(NS(=O)(=O)c2cccs2)c1. The van der Waals surface area contributed by atoms with E-state index in [0.29, 0.717) is 0 Å². The van der Waals surface area contributed by atoms with Crippen LogP contribution in [0, 0.1) is 0 Å². The zero-order valence-corrected chi connectivity index (χ0v) is 17.7. The summed E-state index contributed by atoms with van der Waals surface area (Å²) in [7, 11) is -3.82. The minimum Gasteiger partial charge on any atom is -0.492 e. The fraction of sp³-hybridized carbons (Fsp3) is 0.150. The number of sulfonamides is 1. The molecule has 0 saturated carbocycles. The van der Waals surface area contributed by atoms with Gasteiger partial charge < -0.3 is 10.1 Å². The smallest absolute Gasteiger partial charge is 0.416 e. The summed E-state index contributed by atoms with van der Waals surface area (Å²) in [5.41, 5.74) is -0.906. The Labute approximate surface area is 180 Å². The van der Waals surface area contributed by atoms with Crippen molar-refractivity contribution >= 4 is 38.6 Å². The van der Waals surface area contributed by atoms with Crippen LogP contribution in [-0.2, 0) is 16.2 Å². The predicted molar refractivity (Wildman–Crippen MR) is 112 cm³/mol. The van der Waals surface area contributed by atoms with Crippen LogP contribution >= 0.6 is 11.3 Å². The summed E-state index contributed by atoms with van der Waals surface area (Å²) in [6.45, 7) is 1.85. The van der Waals surface area contributed by atoms with Gasteiger partial charge in [-0.05, 0) is 54.8 Å². The van der Waals surface area contributed by atoms with Crippen molar-refractivity contribution in [3.05, 3.63) is 71.1 Å². The molecule has 0 aliphatic heterocycles. The van der Waals surface area contributed by atoms with E-state index in [4.69, 9.17) is 4.74 Å². The van der Waals surface area contributed by atoms with Gasteiger partial charge in [0.05, 0.1) is 17.9 Å². The van der Waals surface area contributed by atoms with E-state index in [9.17, 15) is 26.4 Å². The minimum atomic E-state index is -4.59. The van der Waals surface area contributed by atoms with E-state index in [0.717, 1.165) is 29.5 Å². The lowest BCUT2D eigenvalue weighted by atomic mass is 10.1. The molecule has 0 fully saturated rings. The maximum Gasteiger partial charge on any atom is 0.416 e. The zero-order chi connectivity index (χ0) is 22.6. The summed E-state index contributed by atoms with van der Waals surface area (Å²) in [5.74, 6) is -0.643. The van der Waals surface area contributed by atoms with E-state index < -0.39 is 27.7 Å². The van der Waals surface area contributed by atoms with Crippen molar-refractivity contribution in [1.82, 2.24) is 0 Å². The standard InChI is InChI=1S/C20H17F3N2O4S2/c1-2-29-17-9-8-14(20(21,22)23)12-16(17)24-19(26)13-5-3-6-15(11-13)25-31(27,28)18-7-4-10-30-18/h3-12,25H,2H2,1H3,(H,24,26). The van der Waals surface area contributed by atoms with Crippen molar-refractivity contribution in [2.45, 2.75) is 17.3 Å². The Morgan fingerprint density at radius 2 is 1.87 bits per heavy atom. The Kier molecular flexibility index (Phi) is 6.56. The molecule has 1 amide bonds. The molecule has 11 heteroatoms. The van der Waals surface area contributed by atoms with Gasteiger partial charge in [0, 0.05) is 11.3 Å². The molecule has 3 rings (SSSR count). The van der Waals surface area contributed by atoms with Gasteiger partial charge in [-0.25, -0.2) is 8.42 Å². The van der Waals surface area contributed by atoms with E-state index >= 15 is 0 Å². The molecule has 1 aromatic heterocycles. The molecule has 0 aliphatic carbocycles. The van der Waals surface area contributed by atoms with E-state index in [-0.39, 0.29) is 33.5 Å². The monoisotopic (exact) mass is 470 g/mol. The predicted octanol–water partition coefficient (Wildman–Crippen LogP) is 5.22. The lowest BCUT2D eigenvalue weighted by molar-refractivity contribution is -0.137. The number of hydrogen-bond donors (Lipinski definition) is 2. The Bertz CT molecular complexity index is 1180. The summed E-state index contributed by atoms with van der Waals surface area (Å²) in [4.78, 5) is 12.7. The van der Waals surface area contributed by atoms with Crippen LogP contribution < -0.4 is 14.8 Å². The summed E-state index contributed by atoms with van der Waals surface area (Å²) in [6.07, 6.45) is -4.59. The molecule has 164 valence electrons. The van der Waals surface area contributed by atoms with Crippen molar-refractivity contribution in [2.24, 2.45) is 0 Å². The second-order valence-corrected chi connectivity index (χ2v) is 9.07. The average Bonchev–Trinajstić information content (AvgIpc) is 3.24. The van der Waals surface area contributed by atoms with Gasteiger partial charge in [-0.3, -0.25) is 9.52 Å². The van der Waals surface area contributed by atoms with Gasteiger partial charge in [0.15, 0.2) is 0 Å². The second-order valence-electron chi connectivity index (χ2n) is 6.21. The van der Waals surface area contributed by atoms with E-state index in [2.05, 4.69) is 10.0 Å². The third kappa shape index (κ3) is 5.56. The first-order valence-electron chi connectivity index (χ1n) is 8.92. The van der Waals surface area contributed by atoms with Crippen molar-refractivity contribution in [1.29, 1.82) is 0 Å². The minimum absolute atomic E-state index is 0.0474. The number of benzene rings is 2. The molecule has 0 saturated heterocycles. The number of ether oxygens (including phenoxy) is 1. The lowest BCUT2D eigenvalue weighted by Gasteiger charge is -2.15. The van der Waals surface area contributed by atoms with Gasteiger partial charge in [0.2, 0.25) is 0 Å². The van der Waals surface area contributed by atoms with Crippen LogP contribution in [0.25, 0.3) is 0 Å². The Hall–Kier alpha value is -3.05. The van der Waals surface area contributed by atoms with Crippen molar-refractivity contribution in [3.8, 4) is 5.75 Å². The van der Waals surface area contributed by atoms with Crippen molar-refractivity contribution in [3.63, 3.8) is 0 Å². The van der Waals surface area contributed by atoms with E-state index in [1.165, 1.54) is 30.3 Å². The molecule has 0 aliphatic rings. The third-order valence-corrected chi connectivity index (χ3v) is 6.77. The van der Waals surface area contributed by atoms with Crippen molar-refractivity contribution in [2.75, 3.05) is 16.6 Å². The topological polar surface area (TPSA) is 84.5 Å². The largest absolute Gasteiger partial charge is 0.492 e. The van der Waals surface area contributed by atoms with Crippen LogP contribution in [0.15, 0.2) is 64.2 Å². The van der Waals surface area contributed by atoms with Crippen LogP contribution in [0.5, 0.6) is 5.75 Å². The summed E-state index contributed by atoms with van der Waals surface area (Å²) in [5, 5.41) is 4.02. The molecule has 0 atom stereocenters. The summed E-state index contributed by atoms with van der Waals surface area (Å²) >= 11 is 1.04. The number of amides is 1. The fourth-order valence-corrected chi connectivity index (χ4v) is 4.67. The molecule has 0 unspecified atom stereocenters. The number of carbonyl (C=O) groups excluding carboxylic acids is 1. The zero-order valence-electron chi connectivity index (χ0n) is 16.1. The van der Waals surface area contributed by atoms with Crippen LogP contribution in [0.1, 0.15) is 22.8 Å². The summed E-state index contributed by atoms with van der Waals surface area (Å²) in [6, 6.07) is 11.4. The normalized spacial score (nSPS) is 11.7. The molecule has 0 spiro atoms. The van der Waals surface area contributed by atoms with Crippen molar-refractivity contribution < 1.29 is 31.1 Å². The number of carbonyl (C=O) groups is 1. The third-order valence-electron chi connectivity index (χ3n) is 3.99. The van der Waals surface area contributed by atoms with Crippen LogP contribution in [0.3, 0.4) is 0 Å². The number of hydrogen-bond acceptors (Lipinski definition) is 5. The number of anilines is 2. The van der Waals surface area contributed by atoms with Gasteiger partial charge in [-0.2, -0.15) is 13.2 Å². The Morgan fingerprint density at radius 3 is 2.52 bits per heavy atom. The molecule has 2 N–H and O–H groups in total. The highest BCUT2D eigenvalue weighted by Crippen LogP contribution is 2.35. The van der Waals surface area contributed by atoms with E-state index in [1.807, 2.05) is 0 Å². The molecule has 0 bridgehead atoms. The highest BCUT2D eigenvalue weighted by Gasteiger charge is 2.31. The van der Waals surface area contributed by atoms with Crippen LogP contribution in [0.4, 0.5) is 24.5 Å². The number of rotatable bonds is 7. The summed E-state index contributed by atoms with van der Waals surface area (Å²) < 4.78 is 71.7. The van der Waals surface area contributed by atoms with Gasteiger partial charge in [-0.15, -0.1) is 11.3 Å². The first-order valence-corrected chi connectivity index (χ1v) is 11.3. The maximum absolute atomic E-state index is 13.1. The number of thiophene rings is 1. The Morgan fingerprint density at radius 1 is 1.10 bits per heavy atom. The fourth-order valence-electron chi connectivity index (χ4n) is 2.63. The van der Waals surface area contributed by atoms with Gasteiger partial charge in [-0.1, -0.05) is 12.1 Å². The number of nitrogens with one attached hydrogen (secondary N) is 2. The van der Waals surface area contributed by atoms with Gasteiger partial charge >= 0.3 is 6.18 Å². The molecule has 1 heterocycles.